The van der Waals surface area contributed by atoms with Crippen molar-refractivity contribution >= 4 is 45.9 Å². The Hall–Kier alpha value is -4.94. The van der Waals surface area contributed by atoms with E-state index in [0.717, 1.165) is 0 Å². The van der Waals surface area contributed by atoms with Gasteiger partial charge < -0.3 is 23.0 Å². The predicted octanol–water partition coefficient (Wildman–Crippen LogP) is 2.59. The van der Waals surface area contributed by atoms with Crippen LogP contribution in [0.25, 0.3) is 22.2 Å². The highest BCUT2D eigenvalue weighted by atomic mass is 16.7. The summed E-state index contributed by atoms with van der Waals surface area (Å²) in [7, 11) is 3.73. The van der Waals surface area contributed by atoms with Gasteiger partial charge in [-0.2, -0.15) is 0 Å². The van der Waals surface area contributed by atoms with Crippen molar-refractivity contribution in [3.63, 3.8) is 0 Å². The second kappa shape index (κ2) is 12.5. The first-order valence-corrected chi connectivity index (χ1v) is 10.1. The van der Waals surface area contributed by atoms with Gasteiger partial charge in [-0.1, -0.05) is 0 Å². The number of nitrogens with one attached hydrogen (secondary N) is 2. The number of carbonyl (C=O) groups is 4. The Balaban J connectivity index is 0.000000212. The van der Waals surface area contributed by atoms with E-state index < -0.39 is 23.6 Å². The number of rotatable bonds is 4. The van der Waals surface area contributed by atoms with Crippen molar-refractivity contribution in [2.75, 3.05) is 21.3 Å². The Bertz CT molecular complexity index is 1500. The minimum Gasteiger partial charge on any atom is -0.469 e. The normalized spacial score (nSPS) is 9.89. The molecule has 36 heavy (non-hydrogen) atoms. The first-order chi connectivity index (χ1) is 17.1. The molecule has 0 aliphatic heterocycles. The van der Waals surface area contributed by atoms with E-state index in [1.165, 1.54) is 46.5 Å². The number of H-pyrrole nitrogens is 2. The Kier molecular flexibility index (Phi) is 9.48. The van der Waals surface area contributed by atoms with Gasteiger partial charge in [0.05, 0.1) is 32.4 Å². The van der Waals surface area contributed by atoms with E-state index in [0.29, 0.717) is 33.3 Å². The van der Waals surface area contributed by atoms with Crippen LogP contribution in [0, 0.1) is 0 Å². The fourth-order valence-electron chi connectivity index (χ4n) is 2.69. The summed E-state index contributed by atoms with van der Waals surface area (Å²) in [5.74, 6) is -2.10. The molecule has 13 nitrogen and oxygen atoms in total. The number of aromatic nitrogens is 2. The van der Waals surface area contributed by atoms with Crippen molar-refractivity contribution in [2.24, 2.45) is 0 Å². The van der Waals surface area contributed by atoms with Gasteiger partial charge in [-0.05, 0) is 43.3 Å². The van der Waals surface area contributed by atoms with Crippen molar-refractivity contribution in [3.8, 4) is 0 Å². The molecule has 0 fully saturated rings. The molecule has 0 atom stereocenters. The quantitative estimate of drug-likeness (QED) is 0.237. The molecule has 2 aromatic heterocycles. The van der Waals surface area contributed by atoms with Crippen LogP contribution in [0.5, 0.6) is 0 Å². The molecule has 0 aliphatic carbocycles. The zero-order valence-corrected chi connectivity index (χ0v) is 19.7. The molecule has 2 heterocycles. The average Bonchev–Trinajstić information content (AvgIpc) is 3.43. The summed E-state index contributed by atoms with van der Waals surface area (Å²) in [6, 6.07) is 9.28. The number of Topliss-reactive ketones (excluding diaryl/α,β-unsaturated/α-hetero) is 2. The summed E-state index contributed by atoms with van der Waals surface area (Å²) in [6.45, 7) is 1.47. The molecule has 0 saturated heterocycles. The molecule has 13 heteroatoms. The van der Waals surface area contributed by atoms with E-state index in [4.69, 9.17) is 8.83 Å². The van der Waals surface area contributed by atoms with E-state index in [2.05, 4.69) is 24.2 Å². The van der Waals surface area contributed by atoms with Gasteiger partial charge in [-0.15, -0.1) is 0 Å². The van der Waals surface area contributed by atoms with Crippen LogP contribution < -0.4 is 11.5 Å². The summed E-state index contributed by atoms with van der Waals surface area (Å²) in [5, 5.41) is 0. The number of ketones is 2. The zero-order valence-electron chi connectivity index (χ0n) is 19.7. The molecule has 4 aromatic rings. The maximum atomic E-state index is 11.6. The molecule has 2 N–H and O–H groups in total. The number of methoxy groups -OCH3 is 3. The second-order valence-corrected chi connectivity index (χ2v) is 6.84. The summed E-state index contributed by atoms with van der Waals surface area (Å²) in [4.78, 5) is 69.9. The number of benzene rings is 2. The van der Waals surface area contributed by atoms with Gasteiger partial charge in [-0.3, -0.25) is 24.4 Å². The average molecular weight is 502 g/mol. The maximum absolute atomic E-state index is 11.6. The van der Waals surface area contributed by atoms with Gasteiger partial charge in [0.25, 0.3) is 0 Å². The highest BCUT2D eigenvalue weighted by Crippen LogP contribution is 2.14. The number of esters is 1. The van der Waals surface area contributed by atoms with Crippen LogP contribution >= 0.6 is 0 Å². The van der Waals surface area contributed by atoms with Crippen LogP contribution in [0.1, 0.15) is 34.1 Å². The lowest BCUT2D eigenvalue weighted by atomic mass is 10.1. The van der Waals surface area contributed by atoms with Gasteiger partial charge >= 0.3 is 23.6 Å². The number of oxazole rings is 2. The number of carbonyl (C=O) groups excluding carboxylic acids is 4. The topological polar surface area (TPSA) is 188 Å². The second-order valence-electron chi connectivity index (χ2n) is 6.84. The number of ether oxygens (including phenoxy) is 3. The molecule has 2 aromatic carbocycles. The van der Waals surface area contributed by atoms with Gasteiger partial charge in [0.1, 0.15) is 6.42 Å². The molecule has 0 radical (unpaired) electrons. The van der Waals surface area contributed by atoms with Crippen LogP contribution in [-0.2, 0) is 19.0 Å². The monoisotopic (exact) mass is 502 g/mol. The molecule has 0 aliphatic rings. The third-order valence-corrected chi connectivity index (χ3v) is 4.43. The Labute approximate surface area is 201 Å². The summed E-state index contributed by atoms with van der Waals surface area (Å²) < 4.78 is 22.0. The highest BCUT2D eigenvalue weighted by molar-refractivity contribution is 6.07. The van der Waals surface area contributed by atoms with Crippen LogP contribution in [-0.4, -0.2) is 55.0 Å². The first-order valence-electron chi connectivity index (χ1n) is 10.1. The van der Waals surface area contributed by atoms with Crippen LogP contribution in [0.3, 0.4) is 0 Å². The van der Waals surface area contributed by atoms with Crippen molar-refractivity contribution in [1.82, 2.24) is 9.97 Å². The predicted molar refractivity (Wildman–Crippen MR) is 124 cm³/mol. The Morgan fingerprint density at radius 1 is 0.750 bits per heavy atom. The molecule has 0 spiro atoms. The lowest BCUT2D eigenvalue weighted by molar-refractivity contribution is -0.139. The standard InChI is InChI=1S/C11H9NO5.C9H7NO3.C3H6O3/c1-16-10(14)5-8(13)6-2-3-9-7(4-6)12-11(15)17-9;1-5(11)6-2-3-8-7(4-6)10-9(12)13-8;1-5-3(4)6-2/h2-4H,5H2,1H3,(H,12,15);2-4H,1H3,(H,10,12);1-2H3. The number of hydrogen-bond donors (Lipinski definition) is 2. The maximum Gasteiger partial charge on any atom is 0.507 e. The van der Waals surface area contributed by atoms with E-state index >= 15 is 0 Å². The van der Waals surface area contributed by atoms with Crippen molar-refractivity contribution in [1.29, 1.82) is 0 Å². The molecule has 0 unspecified atom stereocenters. The molecule has 0 amide bonds. The third kappa shape index (κ3) is 7.55. The molecule has 0 bridgehead atoms. The third-order valence-electron chi connectivity index (χ3n) is 4.43. The molecule has 190 valence electrons. The Morgan fingerprint density at radius 3 is 1.64 bits per heavy atom. The minimum absolute atomic E-state index is 0.0380. The lowest BCUT2D eigenvalue weighted by Gasteiger charge is -1.99. The zero-order chi connectivity index (χ0) is 26.8. The highest BCUT2D eigenvalue weighted by Gasteiger charge is 2.13. The summed E-state index contributed by atoms with van der Waals surface area (Å²) in [6.07, 6.45) is -0.987. The molecular weight excluding hydrogens is 480 g/mol. The van der Waals surface area contributed by atoms with E-state index in [9.17, 15) is 28.8 Å². The van der Waals surface area contributed by atoms with E-state index in [-0.39, 0.29) is 18.0 Å². The molecular formula is C23H22N2O11. The van der Waals surface area contributed by atoms with Crippen molar-refractivity contribution in [3.05, 3.63) is 68.6 Å². The van der Waals surface area contributed by atoms with E-state index in [1.807, 2.05) is 0 Å². The van der Waals surface area contributed by atoms with E-state index in [1.54, 1.807) is 18.2 Å². The first kappa shape index (κ1) is 27.3. The van der Waals surface area contributed by atoms with Gasteiger partial charge in [0.15, 0.2) is 22.7 Å². The number of aromatic amines is 2. The number of hydrogen-bond acceptors (Lipinski definition) is 11. The van der Waals surface area contributed by atoms with Crippen molar-refractivity contribution in [2.45, 2.75) is 13.3 Å². The van der Waals surface area contributed by atoms with Crippen molar-refractivity contribution < 1.29 is 42.2 Å². The van der Waals surface area contributed by atoms with Gasteiger partial charge in [0, 0.05) is 11.1 Å². The molecule has 0 saturated carbocycles. The Morgan fingerprint density at radius 2 is 1.22 bits per heavy atom. The number of fused-ring (bicyclic) bond motifs is 2. The summed E-state index contributed by atoms with van der Waals surface area (Å²) in [5.41, 5.74) is 2.69. The fourth-order valence-corrected chi connectivity index (χ4v) is 2.69. The fraction of sp³-hybridized carbons (Fsp3) is 0.217. The van der Waals surface area contributed by atoms with Crippen LogP contribution in [0.15, 0.2) is 54.8 Å². The lowest BCUT2D eigenvalue weighted by Crippen LogP contribution is -2.09. The van der Waals surface area contributed by atoms with Crippen LogP contribution in [0.4, 0.5) is 4.79 Å². The van der Waals surface area contributed by atoms with Crippen LogP contribution in [0.2, 0.25) is 0 Å². The van der Waals surface area contributed by atoms with Gasteiger partial charge in [0.2, 0.25) is 0 Å². The summed E-state index contributed by atoms with van der Waals surface area (Å²) >= 11 is 0. The van der Waals surface area contributed by atoms with Gasteiger partial charge in [-0.25, -0.2) is 14.4 Å². The smallest absolute Gasteiger partial charge is 0.469 e. The minimum atomic E-state index is -0.657. The SMILES string of the molecule is CC(=O)c1ccc2oc(=O)[nH]c2c1.COC(=O)CC(=O)c1ccc2oc(=O)[nH]c2c1.COC(=O)OC. The molecule has 4 rings (SSSR count). The largest absolute Gasteiger partial charge is 0.507 e.